The van der Waals surface area contributed by atoms with E-state index in [1.54, 1.807) is 11.6 Å². The maximum absolute atomic E-state index is 11.3. The van der Waals surface area contributed by atoms with Crippen LogP contribution < -0.4 is 4.90 Å². The summed E-state index contributed by atoms with van der Waals surface area (Å²) in [6.07, 6.45) is 2.62. The molecule has 1 heterocycles. The van der Waals surface area contributed by atoms with E-state index in [1.807, 2.05) is 18.9 Å². The Balaban J connectivity index is 2.35. The number of nitrogens with zero attached hydrogens (tertiary/aromatic N) is 4. The maximum Gasteiger partial charge on any atom is 0.333 e. The molecule has 1 aliphatic rings. The maximum atomic E-state index is 11.3. The molecule has 0 atom stereocenters. The minimum atomic E-state index is -0.367. The van der Waals surface area contributed by atoms with E-state index in [0.29, 0.717) is 30.9 Å². The molecule has 0 bridgehead atoms. The summed E-state index contributed by atoms with van der Waals surface area (Å²) in [6.45, 7) is 4.16. The van der Waals surface area contributed by atoms with Crippen molar-refractivity contribution in [3.05, 3.63) is 15.8 Å². The monoisotopic (exact) mass is 280 g/mol. The van der Waals surface area contributed by atoms with Gasteiger partial charge in [0.25, 0.3) is 0 Å². The zero-order chi connectivity index (χ0) is 14.9. The zero-order valence-electron chi connectivity index (χ0n) is 12.1. The van der Waals surface area contributed by atoms with Crippen molar-refractivity contribution in [2.75, 3.05) is 11.9 Å². The predicted molar refractivity (Wildman–Crippen MR) is 75.0 cm³/mol. The first-order valence-corrected chi connectivity index (χ1v) is 6.92. The lowest BCUT2D eigenvalue weighted by Crippen LogP contribution is -2.36. The lowest BCUT2D eigenvalue weighted by molar-refractivity contribution is -0.384. The fourth-order valence-corrected chi connectivity index (χ4v) is 2.83. The van der Waals surface area contributed by atoms with Crippen LogP contribution in [-0.2, 0) is 11.3 Å². The van der Waals surface area contributed by atoms with Gasteiger partial charge in [-0.15, -0.1) is 0 Å². The van der Waals surface area contributed by atoms with Gasteiger partial charge < -0.3 is 4.90 Å². The highest BCUT2D eigenvalue weighted by atomic mass is 16.6. The highest BCUT2D eigenvalue weighted by Crippen LogP contribution is 2.34. The van der Waals surface area contributed by atoms with Gasteiger partial charge in [0.05, 0.1) is 4.92 Å². The van der Waals surface area contributed by atoms with E-state index in [2.05, 4.69) is 5.10 Å². The summed E-state index contributed by atoms with van der Waals surface area (Å²) in [5.41, 5.74) is 0.511. The number of rotatable bonds is 4. The molecule has 1 aliphatic carbocycles. The fraction of sp³-hybridized carbons (Fsp3) is 0.692. The van der Waals surface area contributed by atoms with Crippen LogP contribution in [0, 0.1) is 17.0 Å². The Bertz CT molecular complexity index is 528. The van der Waals surface area contributed by atoms with Gasteiger partial charge in [0.2, 0.25) is 5.82 Å². The Kier molecular flexibility index (Phi) is 4.06. The van der Waals surface area contributed by atoms with Crippen molar-refractivity contribution in [1.82, 2.24) is 9.78 Å². The quantitative estimate of drug-likeness (QED) is 0.623. The van der Waals surface area contributed by atoms with Crippen LogP contribution in [0.3, 0.4) is 0 Å². The van der Waals surface area contributed by atoms with Gasteiger partial charge in [-0.2, -0.15) is 5.10 Å². The van der Waals surface area contributed by atoms with Gasteiger partial charge in [0, 0.05) is 32.5 Å². The second kappa shape index (κ2) is 5.60. The van der Waals surface area contributed by atoms with Crippen LogP contribution in [0.25, 0.3) is 0 Å². The number of aryl methyl sites for hydroxylation is 2. The highest BCUT2D eigenvalue weighted by Gasteiger charge is 2.32. The molecule has 0 spiro atoms. The van der Waals surface area contributed by atoms with E-state index in [0.717, 1.165) is 12.8 Å². The van der Waals surface area contributed by atoms with Crippen LogP contribution >= 0.6 is 0 Å². The molecular weight excluding hydrogens is 260 g/mol. The van der Waals surface area contributed by atoms with Crippen LogP contribution in [0.5, 0.6) is 0 Å². The Labute approximate surface area is 117 Å². The molecule has 0 N–H and O–H groups in total. The molecule has 0 aromatic carbocycles. The summed E-state index contributed by atoms with van der Waals surface area (Å²) in [6, 6.07) is 0.160. The van der Waals surface area contributed by atoms with E-state index in [4.69, 9.17) is 0 Å². The predicted octanol–water partition coefficient (Wildman–Crippen LogP) is 2.07. The van der Waals surface area contributed by atoms with E-state index < -0.39 is 0 Å². The third kappa shape index (κ3) is 2.52. The number of carbonyl (C=O) groups is 1. The standard InChI is InChI=1S/C13H20N4O3/c1-4-16-13(12(17(19)20)9(2)14-16)15(3)10-5-7-11(18)8-6-10/h10H,4-8H2,1-3H3. The zero-order valence-corrected chi connectivity index (χ0v) is 12.1. The van der Waals surface area contributed by atoms with Crippen molar-refractivity contribution >= 4 is 17.3 Å². The summed E-state index contributed by atoms with van der Waals surface area (Å²) >= 11 is 0. The molecule has 0 saturated heterocycles. The van der Waals surface area contributed by atoms with Gasteiger partial charge in [-0.05, 0) is 26.7 Å². The first kappa shape index (κ1) is 14.5. The van der Waals surface area contributed by atoms with Crippen molar-refractivity contribution in [3.63, 3.8) is 0 Å². The van der Waals surface area contributed by atoms with Gasteiger partial charge in [-0.1, -0.05) is 0 Å². The van der Waals surface area contributed by atoms with Crippen molar-refractivity contribution in [2.45, 2.75) is 52.1 Å². The molecule has 0 unspecified atom stereocenters. The minimum Gasteiger partial charge on any atom is -0.351 e. The van der Waals surface area contributed by atoms with Crippen LogP contribution in [0.2, 0.25) is 0 Å². The van der Waals surface area contributed by atoms with Gasteiger partial charge in [0.1, 0.15) is 11.5 Å². The van der Waals surface area contributed by atoms with Gasteiger partial charge >= 0.3 is 5.69 Å². The third-order valence-electron chi connectivity index (χ3n) is 3.95. The third-order valence-corrected chi connectivity index (χ3v) is 3.95. The number of hydrogen-bond donors (Lipinski definition) is 0. The Hall–Kier alpha value is -1.92. The molecule has 20 heavy (non-hydrogen) atoms. The summed E-state index contributed by atoms with van der Waals surface area (Å²) < 4.78 is 1.67. The number of hydrogen-bond acceptors (Lipinski definition) is 5. The fourth-order valence-electron chi connectivity index (χ4n) is 2.83. The number of Topliss-reactive ketones (excluding diaryl/α,β-unsaturated/α-hetero) is 1. The molecule has 1 saturated carbocycles. The SMILES string of the molecule is CCn1nc(C)c([N+](=O)[O-])c1N(C)C1CCC(=O)CC1. The van der Waals surface area contributed by atoms with E-state index in [-0.39, 0.29) is 22.4 Å². The molecule has 2 rings (SSSR count). The molecule has 0 aliphatic heterocycles. The molecule has 1 aromatic heterocycles. The summed E-state index contributed by atoms with van der Waals surface area (Å²) in [5.74, 6) is 0.832. The molecule has 7 nitrogen and oxygen atoms in total. The van der Waals surface area contributed by atoms with Crippen molar-refractivity contribution in [2.24, 2.45) is 0 Å². The number of nitro groups is 1. The van der Waals surface area contributed by atoms with Crippen LogP contribution in [0.4, 0.5) is 11.5 Å². The van der Waals surface area contributed by atoms with Gasteiger partial charge in [-0.25, -0.2) is 4.68 Å². The van der Waals surface area contributed by atoms with Crippen molar-refractivity contribution in [3.8, 4) is 0 Å². The molecule has 1 fully saturated rings. The molecule has 110 valence electrons. The highest BCUT2D eigenvalue weighted by molar-refractivity contribution is 5.79. The smallest absolute Gasteiger partial charge is 0.333 e. The Morgan fingerprint density at radius 3 is 2.55 bits per heavy atom. The number of anilines is 1. The lowest BCUT2D eigenvalue weighted by Gasteiger charge is -2.31. The molecule has 7 heteroatoms. The molecule has 1 aromatic rings. The normalized spacial score (nSPS) is 16.4. The van der Waals surface area contributed by atoms with Gasteiger partial charge in [-0.3, -0.25) is 14.9 Å². The second-order valence-corrected chi connectivity index (χ2v) is 5.21. The average molecular weight is 280 g/mol. The van der Waals surface area contributed by atoms with Gasteiger partial charge in [0.15, 0.2) is 0 Å². The Morgan fingerprint density at radius 2 is 2.05 bits per heavy atom. The topological polar surface area (TPSA) is 81.3 Å². The minimum absolute atomic E-state index is 0.0752. The summed E-state index contributed by atoms with van der Waals surface area (Å²) in [5, 5.41) is 15.5. The largest absolute Gasteiger partial charge is 0.351 e. The first-order chi connectivity index (χ1) is 9.45. The average Bonchev–Trinajstić information content (AvgIpc) is 2.75. The number of ketones is 1. The molecular formula is C13H20N4O3. The van der Waals surface area contributed by atoms with Crippen LogP contribution in [0.15, 0.2) is 0 Å². The van der Waals surface area contributed by atoms with Crippen molar-refractivity contribution < 1.29 is 9.72 Å². The van der Waals surface area contributed by atoms with E-state index >= 15 is 0 Å². The van der Waals surface area contributed by atoms with Crippen LogP contribution in [0.1, 0.15) is 38.3 Å². The number of carbonyl (C=O) groups excluding carboxylic acids is 1. The molecule has 0 amide bonds. The van der Waals surface area contributed by atoms with E-state index in [1.165, 1.54) is 0 Å². The Morgan fingerprint density at radius 1 is 1.45 bits per heavy atom. The van der Waals surface area contributed by atoms with Crippen LogP contribution in [-0.4, -0.2) is 33.6 Å². The number of aromatic nitrogens is 2. The van der Waals surface area contributed by atoms with Crippen molar-refractivity contribution in [1.29, 1.82) is 0 Å². The molecule has 0 radical (unpaired) electrons. The summed E-state index contributed by atoms with van der Waals surface area (Å²) in [7, 11) is 1.86. The second-order valence-electron chi connectivity index (χ2n) is 5.21. The summed E-state index contributed by atoms with van der Waals surface area (Å²) in [4.78, 5) is 24.2. The lowest BCUT2D eigenvalue weighted by atomic mass is 9.93. The van der Waals surface area contributed by atoms with E-state index in [9.17, 15) is 14.9 Å². The first-order valence-electron chi connectivity index (χ1n) is 6.92.